The predicted molar refractivity (Wildman–Crippen MR) is 46.6 cm³/mol. The molecule has 0 radical (unpaired) electrons. The minimum absolute atomic E-state index is 0.159. The molecule has 0 unspecified atom stereocenters. The number of rotatable bonds is 2. The molecule has 5 heteroatoms. The molecule has 1 saturated carbocycles. The Morgan fingerprint density at radius 1 is 1.62 bits per heavy atom. The highest BCUT2D eigenvalue weighted by atomic mass is 32.2. The van der Waals surface area contributed by atoms with Crippen molar-refractivity contribution in [3.8, 4) is 6.07 Å². The monoisotopic (exact) mass is 201 g/mol. The molecule has 0 spiro atoms. The van der Waals surface area contributed by atoms with Gasteiger partial charge in [0, 0.05) is 6.26 Å². The normalized spacial score (nSPS) is 34.0. The van der Waals surface area contributed by atoms with E-state index >= 15 is 0 Å². The van der Waals surface area contributed by atoms with Crippen LogP contribution in [0.3, 0.4) is 0 Å². The standard InChI is InChI=1S/C8H11NO3S/c1-13(11,12)7-2-3-8(4-7,5-9)6-10/h6-7H,2-4H2,1H3/t7-,8+/m1/s1. The van der Waals surface area contributed by atoms with Crippen LogP contribution in [0, 0.1) is 16.7 Å². The predicted octanol–water partition coefficient (Wildman–Crippen LogP) is 0.292. The van der Waals surface area contributed by atoms with Crippen molar-refractivity contribution in [2.45, 2.75) is 24.5 Å². The van der Waals surface area contributed by atoms with Crippen LogP contribution in [0.5, 0.6) is 0 Å². The van der Waals surface area contributed by atoms with Gasteiger partial charge in [-0.3, -0.25) is 0 Å². The average Bonchev–Trinajstić information content (AvgIpc) is 2.48. The van der Waals surface area contributed by atoms with Crippen molar-refractivity contribution in [1.82, 2.24) is 0 Å². The largest absolute Gasteiger partial charge is 0.302 e. The highest BCUT2D eigenvalue weighted by Gasteiger charge is 2.43. The molecule has 1 fully saturated rings. The lowest BCUT2D eigenvalue weighted by atomic mass is 9.90. The van der Waals surface area contributed by atoms with Crippen LogP contribution in [0.4, 0.5) is 0 Å². The molecule has 0 heterocycles. The van der Waals surface area contributed by atoms with Crippen molar-refractivity contribution < 1.29 is 13.2 Å². The van der Waals surface area contributed by atoms with Gasteiger partial charge in [0.25, 0.3) is 0 Å². The van der Waals surface area contributed by atoms with Crippen molar-refractivity contribution in [3.05, 3.63) is 0 Å². The fourth-order valence-corrected chi connectivity index (χ4v) is 2.78. The first-order valence-electron chi connectivity index (χ1n) is 4.00. The summed E-state index contributed by atoms with van der Waals surface area (Å²) in [6, 6.07) is 1.90. The van der Waals surface area contributed by atoms with Gasteiger partial charge in [-0.15, -0.1) is 0 Å². The fourth-order valence-electron chi connectivity index (χ4n) is 1.63. The molecule has 1 aliphatic carbocycles. The number of sulfone groups is 1. The molecule has 0 saturated heterocycles. The second kappa shape index (κ2) is 3.11. The Kier molecular flexibility index (Phi) is 2.44. The highest BCUT2D eigenvalue weighted by Crippen LogP contribution is 2.38. The van der Waals surface area contributed by atoms with Crippen LogP contribution in [0.2, 0.25) is 0 Å². The van der Waals surface area contributed by atoms with Gasteiger partial charge in [0.1, 0.15) is 21.5 Å². The zero-order valence-electron chi connectivity index (χ0n) is 7.36. The summed E-state index contributed by atoms with van der Waals surface area (Å²) >= 11 is 0. The van der Waals surface area contributed by atoms with Gasteiger partial charge in [-0.05, 0) is 19.3 Å². The summed E-state index contributed by atoms with van der Waals surface area (Å²) in [6.07, 6.45) is 2.68. The smallest absolute Gasteiger partial charge is 0.150 e. The Morgan fingerprint density at radius 3 is 2.46 bits per heavy atom. The summed E-state index contributed by atoms with van der Waals surface area (Å²) in [7, 11) is -3.10. The molecule has 2 atom stereocenters. The van der Waals surface area contributed by atoms with Gasteiger partial charge in [-0.2, -0.15) is 5.26 Å². The third-order valence-corrected chi connectivity index (χ3v) is 4.17. The van der Waals surface area contributed by atoms with E-state index in [1.807, 2.05) is 6.07 Å². The number of carbonyl (C=O) groups is 1. The highest BCUT2D eigenvalue weighted by molar-refractivity contribution is 7.91. The molecule has 1 rings (SSSR count). The van der Waals surface area contributed by atoms with E-state index in [1.165, 1.54) is 0 Å². The van der Waals surface area contributed by atoms with Gasteiger partial charge in [0.05, 0.1) is 11.3 Å². The number of aldehydes is 1. The first kappa shape index (κ1) is 10.2. The van der Waals surface area contributed by atoms with Crippen LogP contribution >= 0.6 is 0 Å². The van der Waals surface area contributed by atoms with Crippen molar-refractivity contribution in [2.24, 2.45) is 5.41 Å². The van der Waals surface area contributed by atoms with Gasteiger partial charge < -0.3 is 4.79 Å². The summed E-state index contributed by atoms with van der Waals surface area (Å²) in [6.45, 7) is 0. The molecule has 0 N–H and O–H groups in total. The molecule has 0 aromatic carbocycles. The molecular formula is C8H11NO3S. The Balaban J connectivity index is 2.87. The Hall–Kier alpha value is -0.890. The number of carbonyl (C=O) groups excluding carboxylic acids is 1. The molecule has 4 nitrogen and oxygen atoms in total. The van der Waals surface area contributed by atoms with E-state index < -0.39 is 20.5 Å². The number of hydrogen-bond donors (Lipinski definition) is 0. The Bertz CT molecular complexity index is 354. The van der Waals surface area contributed by atoms with E-state index in [4.69, 9.17) is 5.26 Å². The average molecular weight is 201 g/mol. The number of hydrogen-bond acceptors (Lipinski definition) is 4. The van der Waals surface area contributed by atoms with Crippen LogP contribution < -0.4 is 0 Å². The lowest BCUT2D eigenvalue weighted by Crippen LogP contribution is -2.21. The zero-order valence-corrected chi connectivity index (χ0v) is 8.17. The number of nitrogens with zero attached hydrogens (tertiary/aromatic N) is 1. The number of nitriles is 1. The lowest BCUT2D eigenvalue weighted by molar-refractivity contribution is -0.113. The van der Waals surface area contributed by atoms with E-state index in [1.54, 1.807) is 0 Å². The minimum Gasteiger partial charge on any atom is -0.302 e. The van der Waals surface area contributed by atoms with E-state index in [0.29, 0.717) is 19.1 Å². The maximum atomic E-state index is 11.1. The SMILES string of the molecule is CS(=O)(=O)[C@@H]1CC[C@](C#N)(C=O)C1. The molecule has 13 heavy (non-hydrogen) atoms. The molecule has 72 valence electrons. The Labute approximate surface area is 77.5 Å². The van der Waals surface area contributed by atoms with Gasteiger partial charge in [0.2, 0.25) is 0 Å². The van der Waals surface area contributed by atoms with Crippen molar-refractivity contribution in [1.29, 1.82) is 5.26 Å². The van der Waals surface area contributed by atoms with Gasteiger partial charge in [-0.25, -0.2) is 8.42 Å². The van der Waals surface area contributed by atoms with Crippen LogP contribution in [0.25, 0.3) is 0 Å². The van der Waals surface area contributed by atoms with Crippen LogP contribution in [0.15, 0.2) is 0 Å². The second-order valence-corrected chi connectivity index (χ2v) is 5.91. The van der Waals surface area contributed by atoms with E-state index in [0.717, 1.165) is 6.26 Å². The van der Waals surface area contributed by atoms with Crippen molar-refractivity contribution in [3.63, 3.8) is 0 Å². The first-order chi connectivity index (χ1) is 5.93. The maximum absolute atomic E-state index is 11.1. The molecule has 0 amide bonds. The summed E-state index contributed by atoms with van der Waals surface area (Å²) < 4.78 is 22.3. The Morgan fingerprint density at radius 2 is 2.23 bits per heavy atom. The van der Waals surface area contributed by atoms with E-state index in [2.05, 4.69) is 0 Å². The van der Waals surface area contributed by atoms with Gasteiger partial charge >= 0.3 is 0 Å². The van der Waals surface area contributed by atoms with Crippen LogP contribution in [-0.2, 0) is 14.6 Å². The third kappa shape index (κ3) is 1.89. The second-order valence-electron chi connectivity index (χ2n) is 3.58. The summed E-state index contributed by atoms with van der Waals surface area (Å²) in [5, 5.41) is 8.21. The molecule has 0 aliphatic heterocycles. The molecule has 0 aromatic rings. The van der Waals surface area contributed by atoms with Gasteiger partial charge in [0.15, 0.2) is 0 Å². The van der Waals surface area contributed by atoms with E-state index in [9.17, 15) is 13.2 Å². The molecule has 0 bridgehead atoms. The summed E-state index contributed by atoms with van der Waals surface area (Å²) in [4.78, 5) is 10.6. The van der Waals surface area contributed by atoms with E-state index in [-0.39, 0.29) is 6.42 Å². The topological polar surface area (TPSA) is 75.0 Å². The van der Waals surface area contributed by atoms with Crippen molar-refractivity contribution in [2.75, 3.05) is 6.26 Å². The van der Waals surface area contributed by atoms with Crippen LogP contribution in [0.1, 0.15) is 19.3 Å². The zero-order chi connectivity index (χ0) is 10.1. The fraction of sp³-hybridized carbons (Fsp3) is 0.750. The maximum Gasteiger partial charge on any atom is 0.150 e. The first-order valence-corrected chi connectivity index (χ1v) is 5.95. The van der Waals surface area contributed by atoms with Crippen molar-refractivity contribution >= 4 is 16.1 Å². The van der Waals surface area contributed by atoms with Crippen LogP contribution in [-0.4, -0.2) is 26.2 Å². The lowest BCUT2D eigenvalue weighted by Gasteiger charge is -2.11. The molecule has 1 aliphatic rings. The third-order valence-electron chi connectivity index (χ3n) is 2.56. The summed E-state index contributed by atoms with van der Waals surface area (Å²) in [5.41, 5.74) is -1.05. The summed E-state index contributed by atoms with van der Waals surface area (Å²) in [5.74, 6) is 0. The quantitative estimate of drug-likeness (QED) is 0.602. The van der Waals surface area contributed by atoms with Gasteiger partial charge in [-0.1, -0.05) is 0 Å². The molecular weight excluding hydrogens is 190 g/mol. The molecule has 0 aromatic heterocycles. The minimum atomic E-state index is -3.10.